The Morgan fingerprint density at radius 2 is 2.16 bits per heavy atom. The minimum absolute atomic E-state index is 0.00408. The van der Waals surface area contributed by atoms with Gasteiger partial charge in [0.25, 0.3) is 5.91 Å². The topological polar surface area (TPSA) is 92.9 Å². The van der Waals surface area contributed by atoms with Crippen molar-refractivity contribution in [3.63, 3.8) is 0 Å². The van der Waals surface area contributed by atoms with E-state index in [0.717, 1.165) is 24.6 Å². The zero-order valence-electron chi connectivity index (χ0n) is 13.9. The summed E-state index contributed by atoms with van der Waals surface area (Å²) in [7, 11) is 0. The van der Waals surface area contributed by atoms with Crippen molar-refractivity contribution in [2.45, 2.75) is 26.7 Å². The molecule has 1 fully saturated rings. The summed E-state index contributed by atoms with van der Waals surface area (Å²) in [6.45, 7) is 4.53. The molecule has 1 amide bonds. The number of amides is 1. The summed E-state index contributed by atoms with van der Waals surface area (Å²) >= 11 is 6.39. The van der Waals surface area contributed by atoms with Gasteiger partial charge in [0, 0.05) is 12.6 Å². The normalized spacial score (nSPS) is 15.9. The average Bonchev–Trinajstić information content (AvgIpc) is 2.82. The molecule has 1 aromatic rings. The van der Waals surface area contributed by atoms with Crippen LogP contribution in [0.2, 0.25) is 0 Å². The summed E-state index contributed by atoms with van der Waals surface area (Å²) in [6.07, 6.45) is 3.32. The second-order valence-electron chi connectivity index (χ2n) is 5.26. The van der Waals surface area contributed by atoms with Crippen LogP contribution in [0, 0.1) is 10.1 Å². The Balaban J connectivity index is 2.38. The van der Waals surface area contributed by atoms with E-state index < -0.39 is 16.4 Å². The van der Waals surface area contributed by atoms with E-state index >= 15 is 0 Å². The van der Waals surface area contributed by atoms with E-state index in [9.17, 15) is 20.0 Å². The van der Waals surface area contributed by atoms with Crippen LogP contribution >= 0.6 is 24.0 Å². The molecule has 0 radical (unpaired) electrons. The van der Waals surface area contributed by atoms with Crippen LogP contribution in [0.15, 0.2) is 17.0 Å². The molecule has 7 nitrogen and oxygen atoms in total. The van der Waals surface area contributed by atoms with Crippen LogP contribution in [0.1, 0.15) is 32.3 Å². The van der Waals surface area contributed by atoms with Crippen LogP contribution < -0.4 is 4.74 Å². The lowest BCUT2D eigenvalue weighted by Gasteiger charge is -2.13. The maximum Gasteiger partial charge on any atom is 0.315 e. The SMILES string of the molecule is CCCCN1C(=O)C(=Cc2cc(OCC)c(O)c([N+](=O)[O-])c2)SC1=S. The molecular formula is C16H18N2O5S2. The Hall–Kier alpha value is -2.13. The van der Waals surface area contributed by atoms with Crippen LogP contribution in [-0.2, 0) is 4.79 Å². The molecule has 25 heavy (non-hydrogen) atoms. The Morgan fingerprint density at radius 1 is 1.44 bits per heavy atom. The fraction of sp³-hybridized carbons (Fsp3) is 0.375. The number of unbranched alkanes of at least 4 members (excludes halogenated alkanes) is 1. The predicted octanol–water partition coefficient (Wildman–Crippen LogP) is 3.70. The molecule has 0 aromatic heterocycles. The lowest BCUT2D eigenvalue weighted by atomic mass is 10.1. The van der Waals surface area contributed by atoms with Gasteiger partial charge in [-0.3, -0.25) is 19.8 Å². The Labute approximate surface area is 154 Å². The first-order valence-corrected chi connectivity index (χ1v) is 9.01. The van der Waals surface area contributed by atoms with E-state index in [1.807, 2.05) is 6.92 Å². The second kappa shape index (κ2) is 8.30. The second-order valence-corrected chi connectivity index (χ2v) is 6.94. The third kappa shape index (κ3) is 4.29. The van der Waals surface area contributed by atoms with Gasteiger partial charge in [-0.2, -0.15) is 0 Å². The van der Waals surface area contributed by atoms with E-state index in [1.54, 1.807) is 6.92 Å². The number of hydrogen-bond donors (Lipinski definition) is 1. The summed E-state index contributed by atoms with van der Waals surface area (Å²) in [5.41, 5.74) is -0.0809. The number of ether oxygens (including phenoxy) is 1. The number of benzene rings is 1. The van der Waals surface area contributed by atoms with Crippen molar-refractivity contribution >= 4 is 46.0 Å². The van der Waals surface area contributed by atoms with Crippen LogP contribution in [0.5, 0.6) is 11.5 Å². The summed E-state index contributed by atoms with van der Waals surface area (Å²) in [5.74, 6) is -0.735. The first-order chi connectivity index (χ1) is 11.9. The number of nitro benzene ring substituents is 1. The van der Waals surface area contributed by atoms with E-state index in [-0.39, 0.29) is 18.3 Å². The highest BCUT2D eigenvalue weighted by molar-refractivity contribution is 8.26. The van der Waals surface area contributed by atoms with Gasteiger partial charge >= 0.3 is 5.69 Å². The van der Waals surface area contributed by atoms with Crippen molar-refractivity contribution in [2.24, 2.45) is 0 Å². The average molecular weight is 382 g/mol. The number of carbonyl (C=O) groups is 1. The highest BCUT2D eigenvalue weighted by atomic mass is 32.2. The van der Waals surface area contributed by atoms with Crippen LogP contribution in [-0.4, -0.2) is 38.3 Å². The summed E-state index contributed by atoms with van der Waals surface area (Å²) in [4.78, 5) is 24.8. The van der Waals surface area contributed by atoms with Crippen LogP contribution in [0.4, 0.5) is 5.69 Å². The number of hydrogen-bond acceptors (Lipinski definition) is 7. The molecule has 0 saturated carbocycles. The maximum atomic E-state index is 12.5. The number of phenolic OH excluding ortho intramolecular Hbond substituents is 1. The van der Waals surface area contributed by atoms with E-state index in [4.69, 9.17) is 17.0 Å². The van der Waals surface area contributed by atoms with Gasteiger partial charge in [0.2, 0.25) is 5.75 Å². The zero-order chi connectivity index (χ0) is 18.6. The van der Waals surface area contributed by atoms with Crippen molar-refractivity contribution in [3.8, 4) is 11.5 Å². The molecule has 2 rings (SSSR count). The Kier molecular flexibility index (Phi) is 6.38. The summed E-state index contributed by atoms with van der Waals surface area (Å²) in [5, 5.41) is 21.0. The van der Waals surface area contributed by atoms with Gasteiger partial charge in [-0.05, 0) is 31.1 Å². The molecule has 1 saturated heterocycles. The fourth-order valence-electron chi connectivity index (χ4n) is 2.26. The summed E-state index contributed by atoms with van der Waals surface area (Å²) < 4.78 is 5.72. The minimum Gasteiger partial charge on any atom is -0.500 e. The molecule has 0 unspecified atom stereocenters. The Bertz CT molecular complexity index is 748. The molecule has 0 spiro atoms. The van der Waals surface area contributed by atoms with Gasteiger partial charge < -0.3 is 9.84 Å². The molecular weight excluding hydrogens is 364 g/mol. The van der Waals surface area contributed by atoms with Crippen LogP contribution in [0.3, 0.4) is 0 Å². The van der Waals surface area contributed by atoms with Gasteiger partial charge in [0.05, 0.1) is 16.4 Å². The molecule has 0 atom stereocenters. The smallest absolute Gasteiger partial charge is 0.315 e. The molecule has 0 aliphatic carbocycles. The van der Waals surface area contributed by atoms with Gasteiger partial charge in [-0.15, -0.1) is 0 Å². The molecule has 1 aromatic carbocycles. The van der Waals surface area contributed by atoms with Crippen molar-refractivity contribution in [3.05, 3.63) is 32.7 Å². The molecule has 9 heteroatoms. The molecule has 0 bridgehead atoms. The fourth-order valence-corrected chi connectivity index (χ4v) is 3.57. The van der Waals surface area contributed by atoms with E-state index in [1.165, 1.54) is 23.1 Å². The third-order valence-electron chi connectivity index (χ3n) is 3.48. The first kappa shape index (κ1) is 19.2. The summed E-state index contributed by atoms with van der Waals surface area (Å²) in [6, 6.07) is 2.67. The minimum atomic E-state index is -0.693. The monoisotopic (exact) mass is 382 g/mol. The number of nitro groups is 1. The zero-order valence-corrected chi connectivity index (χ0v) is 15.5. The first-order valence-electron chi connectivity index (χ1n) is 7.78. The number of rotatable bonds is 7. The number of phenols is 1. The maximum absolute atomic E-state index is 12.5. The molecule has 1 aliphatic heterocycles. The molecule has 1 heterocycles. The molecule has 1 aliphatic rings. The van der Waals surface area contributed by atoms with Crippen molar-refractivity contribution in [1.82, 2.24) is 4.90 Å². The van der Waals surface area contributed by atoms with Gasteiger partial charge in [-0.25, -0.2) is 0 Å². The van der Waals surface area contributed by atoms with E-state index in [0.29, 0.717) is 21.3 Å². The van der Waals surface area contributed by atoms with Gasteiger partial charge in [0.1, 0.15) is 4.32 Å². The van der Waals surface area contributed by atoms with E-state index in [2.05, 4.69) is 0 Å². The van der Waals surface area contributed by atoms with Gasteiger partial charge in [0.15, 0.2) is 5.75 Å². The standard InChI is InChI=1S/C16H18N2O5S2/c1-3-5-6-17-15(20)13(25-16(17)24)9-10-7-11(18(21)22)14(19)12(8-10)23-4-2/h7-9,19H,3-6H2,1-2H3. The number of aromatic hydroxyl groups is 1. The van der Waals surface area contributed by atoms with Crippen molar-refractivity contribution in [1.29, 1.82) is 0 Å². The lowest BCUT2D eigenvalue weighted by molar-refractivity contribution is -0.386. The number of thiocarbonyl (C=S) groups is 1. The highest BCUT2D eigenvalue weighted by Crippen LogP contribution is 2.39. The molecule has 134 valence electrons. The van der Waals surface area contributed by atoms with Crippen LogP contribution in [0.25, 0.3) is 6.08 Å². The number of thioether (sulfide) groups is 1. The lowest BCUT2D eigenvalue weighted by Crippen LogP contribution is -2.28. The highest BCUT2D eigenvalue weighted by Gasteiger charge is 2.31. The van der Waals surface area contributed by atoms with Crippen molar-refractivity contribution in [2.75, 3.05) is 13.2 Å². The number of carbonyl (C=O) groups excluding carboxylic acids is 1. The quantitative estimate of drug-likeness (QED) is 0.333. The predicted molar refractivity (Wildman–Crippen MR) is 101 cm³/mol. The van der Waals surface area contributed by atoms with Gasteiger partial charge in [-0.1, -0.05) is 37.3 Å². The Morgan fingerprint density at radius 3 is 2.76 bits per heavy atom. The molecule has 1 N–H and O–H groups in total. The third-order valence-corrected chi connectivity index (χ3v) is 4.86. The van der Waals surface area contributed by atoms with Crippen molar-refractivity contribution < 1.29 is 19.6 Å². The number of nitrogens with zero attached hydrogens (tertiary/aromatic N) is 2. The largest absolute Gasteiger partial charge is 0.500 e.